The number of hydrogen-bond donors (Lipinski definition) is 0. The van der Waals surface area contributed by atoms with Gasteiger partial charge in [0.15, 0.2) is 0 Å². The molecule has 3 rings (SSSR count). The molecule has 0 radical (unpaired) electrons. The number of likely N-dealkylation sites (tertiary alicyclic amines) is 1. The van der Waals surface area contributed by atoms with E-state index in [0.717, 1.165) is 45.6 Å². The minimum atomic E-state index is -0.213. The molecule has 5 nitrogen and oxygen atoms in total. The second-order valence-corrected chi connectivity index (χ2v) is 6.52. The van der Waals surface area contributed by atoms with E-state index in [-0.39, 0.29) is 18.1 Å². The lowest BCUT2D eigenvalue weighted by atomic mass is 9.90. The van der Waals surface area contributed by atoms with Crippen molar-refractivity contribution >= 4 is 5.91 Å². The van der Waals surface area contributed by atoms with Crippen LogP contribution in [0.1, 0.15) is 25.7 Å². The van der Waals surface area contributed by atoms with Gasteiger partial charge in [0.25, 0.3) is 5.91 Å². The predicted molar refractivity (Wildman–Crippen MR) is 75.5 cm³/mol. The maximum absolute atomic E-state index is 12.0. The molecule has 0 N–H and O–H groups in total. The Balaban J connectivity index is 1.57. The summed E-state index contributed by atoms with van der Waals surface area (Å²) in [4.78, 5) is 16.3. The highest BCUT2D eigenvalue weighted by Crippen LogP contribution is 2.35. The molecule has 0 bridgehead atoms. The first kappa shape index (κ1) is 14.3. The van der Waals surface area contributed by atoms with E-state index in [1.54, 1.807) is 4.90 Å². The molecule has 3 atom stereocenters. The maximum atomic E-state index is 12.0. The molecule has 20 heavy (non-hydrogen) atoms. The van der Waals surface area contributed by atoms with Crippen LogP contribution >= 0.6 is 0 Å². The quantitative estimate of drug-likeness (QED) is 0.749. The SMILES string of the molecule is CN(C)C(=O)[C@H]1C[C@@H]2CCN(C3CCOCC3)C[C@@H]2O1. The van der Waals surface area contributed by atoms with Crippen LogP contribution in [0.2, 0.25) is 0 Å². The zero-order chi connectivity index (χ0) is 14.1. The average Bonchev–Trinajstić information content (AvgIpc) is 2.90. The van der Waals surface area contributed by atoms with E-state index in [0.29, 0.717) is 12.0 Å². The second kappa shape index (κ2) is 6.00. The van der Waals surface area contributed by atoms with Crippen LogP contribution in [0, 0.1) is 5.92 Å². The Morgan fingerprint density at radius 3 is 2.65 bits per heavy atom. The molecule has 0 aromatic heterocycles. The van der Waals surface area contributed by atoms with Crippen molar-refractivity contribution in [3.8, 4) is 0 Å². The summed E-state index contributed by atoms with van der Waals surface area (Å²) in [5.74, 6) is 0.692. The van der Waals surface area contributed by atoms with Crippen molar-refractivity contribution in [3.63, 3.8) is 0 Å². The summed E-state index contributed by atoms with van der Waals surface area (Å²) in [6.07, 6.45) is 4.38. The van der Waals surface area contributed by atoms with Crippen molar-refractivity contribution in [2.75, 3.05) is 40.4 Å². The minimum absolute atomic E-state index is 0.122. The van der Waals surface area contributed by atoms with Crippen molar-refractivity contribution in [1.29, 1.82) is 0 Å². The lowest BCUT2D eigenvalue weighted by Gasteiger charge is -2.40. The summed E-state index contributed by atoms with van der Waals surface area (Å²) >= 11 is 0. The van der Waals surface area contributed by atoms with Crippen molar-refractivity contribution in [2.24, 2.45) is 5.92 Å². The molecule has 0 unspecified atom stereocenters. The van der Waals surface area contributed by atoms with E-state index >= 15 is 0 Å². The van der Waals surface area contributed by atoms with Gasteiger partial charge in [0, 0.05) is 39.9 Å². The van der Waals surface area contributed by atoms with Gasteiger partial charge in [-0.15, -0.1) is 0 Å². The highest BCUT2D eigenvalue weighted by atomic mass is 16.5. The number of piperidine rings is 1. The van der Waals surface area contributed by atoms with Crippen molar-refractivity contribution in [2.45, 2.75) is 43.9 Å². The standard InChI is InChI=1S/C15H26N2O3/c1-16(2)15(18)13-9-11-3-6-17(10-14(11)20-13)12-4-7-19-8-5-12/h11-14H,3-10H2,1-2H3/t11-,13+,14-/m0/s1. The van der Waals surface area contributed by atoms with Crippen LogP contribution in [0.4, 0.5) is 0 Å². The number of amides is 1. The summed E-state index contributed by atoms with van der Waals surface area (Å²) in [6, 6.07) is 0.650. The van der Waals surface area contributed by atoms with E-state index in [9.17, 15) is 4.79 Å². The molecule has 114 valence electrons. The molecule has 0 aliphatic carbocycles. The lowest BCUT2D eigenvalue weighted by Crippen LogP contribution is -2.49. The van der Waals surface area contributed by atoms with Gasteiger partial charge < -0.3 is 14.4 Å². The predicted octanol–water partition coefficient (Wildman–Crippen LogP) is 0.733. The van der Waals surface area contributed by atoms with Crippen LogP contribution in [0.5, 0.6) is 0 Å². The van der Waals surface area contributed by atoms with E-state index in [2.05, 4.69) is 4.90 Å². The maximum Gasteiger partial charge on any atom is 0.251 e. The first-order chi connectivity index (χ1) is 9.65. The Bertz CT molecular complexity index is 355. The van der Waals surface area contributed by atoms with Gasteiger partial charge in [-0.2, -0.15) is 0 Å². The van der Waals surface area contributed by atoms with Crippen molar-refractivity contribution < 1.29 is 14.3 Å². The molecule has 1 amide bonds. The van der Waals surface area contributed by atoms with Crippen LogP contribution < -0.4 is 0 Å². The van der Waals surface area contributed by atoms with Crippen molar-refractivity contribution in [3.05, 3.63) is 0 Å². The number of ether oxygens (including phenoxy) is 2. The molecular formula is C15H26N2O3. The van der Waals surface area contributed by atoms with Gasteiger partial charge in [-0.25, -0.2) is 0 Å². The first-order valence-electron chi connectivity index (χ1n) is 7.83. The van der Waals surface area contributed by atoms with Crippen LogP contribution in [0.3, 0.4) is 0 Å². The Hall–Kier alpha value is -0.650. The molecule has 5 heteroatoms. The van der Waals surface area contributed by atoms with E-state index in [1.165, 1.54) is 6.42 Å². The molecule has 0 aromatic carbocycles. The number of nitrogens with zero attached hydrogens (tertiary/aromatic N) is 2. The molecule has 0 aromatic rings. The Kier molecular flexibility index (Phi) is 4.29. The van der Waals surface area contributed by atoms with E-state index in [1.807, 2.05) is 14.1 Å². The van der Waals surface area contributed by atoms with Crippen LogP contribution in [-0.4, -0.2) is 74.4 Å². The largest absolute Gasteiger partial charge is 0.381 e. The minimum Gasteiger partial charge on any atom is -0.381 e. The number of fused-ring (bicyclic) bond motifs is 1. The molecule has 0 saturated carbocycles. The summed E-state index contributed by atoms with van der Waals surface area (Å²) in [5, 5.41) is 0. The fourth-order valence-electron chi connectivity index (χ4n) is 3.78. The van der Waals surface area contributed by atoms with Gasteiger partial charge >= 0.3 is 0 Å². The summed E-state index contributed by atoms with van der Waals surface area (Å²) in [6.45, 7) is 3.92. The fraction of sp³-hybridized carbons (Fsp3) is 0.933. The number of likely N-dealkylation sites (N-methyl/N-ethyl adjacent to an activating group) is 1. The average molecular weight is 282 g/mol. The van der Waals surface area contributed by atoms with E-state index < -0.39 is 0 Å². The highest BCUT2D eigenvalue weighted by Gasteiger charge is 2.43. The smallest absolute Gasteiger partial charge is 0.251 e. The van der Waals surface area contributed by atoms with Crippen LogP contribution in [-0.2, 0) is 14.3 Å². The molecular weight excluding hydrogens is 256 g/mol. The molecule has 3 heterocycles. The first-order valence-corrected chi connectivity index (χ1v) is 7.83. The zero-order valence-corrected chi connectivity index (χ0v) is 12.6. The lowest BCUT2D eigenvalue weighted by molar-refractivity contribution is -0.141. The number of hydrogen-bond acceptors (Lipinski definition) is 4. The van der Waals surface area contributed by atoms with E-state index in [4.69, 9.17) is 9.47 Å². The third-order valence-electron chi connectivity index (χ3n) is 5.01. The van der Waals surface area contributed by atoms with Gasteiger partial charge in [-0.05, 0) is 38.1 Å². The van der Waals surface area contributed by atoms with Crippen molar-refractivity contribution in [1.82, 2.24) is 9.80 Å². The summed E-state index contributed by atoms with van der Waals surface area (Å²) in [7, 11) is 3.62. The third kappa shape index (κ3) is 2.85. The monoisotopic (exact) mass is 282 g/mol. The highest BCUT2D eigenvalue weighted by molar-refractivity contribution is 5.80. The summed E-state index contributed by atoms with van der Waals surface area (Å²) in [5.41, 5.74) is 0. The zero-order valence-electron chi connectivity index (χ0n) is 12.6. The number of carbonyl (C=O) groups excluding carboxylic acids is 1. The van der Waals surface area contributed by atoms with Crippen LogP contribution in [0.15, 0.2) is 0 Å². The molecule has 3 saturated heterocycles. The van der Waals surface area contributed by atoms with Gasteiger partial charge in [0.1, 0.15) is 6.10 Å². The Morgan fingerprint density at radius 1 is 1.20 bits per heavy atom. The van der Waals surface area contributed by atoms with Crippen LogP contribution in [0.25, 0.3) is 0 Å². The number of carbonyl (C=O) groups is 1. The molecule has 3 aliphatic rings. The molecule has 3 fully saturated rings. The normalized spacial score (nSPS) is 35.8. The van der Waals surface area contributed by atoms with Gasteiger partial charge in [-0.3, -0.25) is 9.69 Å². The van der Waals surface area contributed by atoms with Gasteiger partial charge in [0.05, 0.1) is 6.10 Å². The Labute approximate surface area is 121 Å². The van der Waals surface area contributed by atoms with Gasteiger partial charge in [0.2, 0.25) is 0 Å². The van der Waals surface area contributed by atoms with Gasteiger partial charge in [-0.1, -0.05) is 0 Å². The topological polar surface area (TPSA) is 42.0 Å². The fourth-order valence-corrected chi connectivity index (χ4v) is 3.78. The molecule has 0 spiro atoms. The number of rotatable bonds is 2. The third-order valence-corrected chi connectivity index (χ3v) is 5.01. The second-order valence-electron chi connectivity index (χ2n) is 6.52. The Morgan fingerprint density at radius 2 is 1.95 bits per heavy atom. The molecule has 3 aliphatic heterocycles. The summed E-state index contributed by atoms with van der Waals surface area (Å²) < 4.78 is 11.5.